The molecule has 4 atom stereocenters. The van der Waals surface area contributed by atoms with Crippen LogP contribution in [0.3, 0.4) is 0 Å². The van der Waals surface area contributed by atoms with Crippen LogP contribution in [0.4, 0.5) is 0 Å². The summed E-state index contributed by atoms with van der Waals surface area (Å²) in [4.78, 5) is 22.5. The monoisotopic (exact) mass is 300 g/mol. The fraction of sp³-hybridized carbons (Fsp3) is 0.867. The standard InChI is InChI=1S/C15H28N2O4/c1-3-11(5-7-17-10(2)18)4-6-15(14(20)21)9-12(16)8-13(15)19/h11-13,19H,3-9,16H2,1-2H3,(H,17,18)(H,20,21). The molecule has 0 aromatic rings. The first-order valence-electron chi connectivity index (χ1n) is 7.73. The predicted octanol–water partition coefficient (Wildman–Crippen LogP) is 0.872. The zero-order valence-electron chi connectivity index (χ0n) is 13.0. The van der Waals surface area contributed by atoms with Gasteiger partial charge in [-0.25, -0.2) is 0 Å². The van der Waals surface area contributed by atoms with Crippen molar-refractivity contribution in [2.75, 3.05) is 6.54 Å². The van der Waals surface area contributed by atoms with E-state index in [-0.39, 0.29) is 11.9 Å². The van der Waals surface area contributed by atoms with Crippen LogP contribution in [0.5, 0.6) is 0 Å². The van der Waals surface area contributed by atoms with E-state index in [4.69, 9.17) is 5.73 Å². The minimum atomic E-state index is -1.10. The van der Waals surface area contributed by atoms with Gasteiger partial charge in [-0.3, -0.25) is 9.59 Å². The van der Waals surface area contributed by atoms with Crippen molar-refractivity contribution in [3.8, 4) is 0 Å². The SMILES string of the molecule is CCC(CCNC(C)=O)CCC1(C(=O)O)CC(N)CC1O. The van der Waals surface area contributed by atoms with Crippen molar-refractivity contribution >= 4 is 11.9 Å². The zero-order chi connectivity index (χ0) is 16.0. The number of aliphatic hydroxyl groups is 1. The van der Waals surface area contributed by atoms with Crippen molar-refractivity contribution in [3.63, 3.8) is 0 Å². The molecule has 0 saturated heterocycles. The van der Waals surface area contributed by atoms with Crippen molar-refractivity contribution in [2.24, 2.45) is 17.1 Å². The summed E-state index contributed by atoms with van der Waals surface area (Å²) in [7, 11) is 0. The Labute approximate surface area is 126 Å². The highest BCUT2D eigenvalue weighted by atomic mass is 16.4. The van der Waals surface area contributed by atoms with E-state index in [0.29, 0.717) is 31.7 Å². The molecule has 1 saturated carbocycles. The Bertz CT molecular complexity index is 375. The number of nitrogens with two attached hydrogens (primary N) is 1. The highest BCUT2D eigenvalue weighted by Crippen LogP contribution is 2.43. The molecule has 21 heavy (non-hydrogen) atoms. The van der Waals surface area contributed by atoms with Gasteiger partial charge in [0.1, 0.15) is 0 Å². The van der Waals surface area contributed by atoms with Gasteiger partial charge in [-0.15, -0.1) is 0 Å². The van der Waals surface area contributed by atoms with Crippen LogP contribution in [-0.2, 0) is 9.59 Å². The maximum Gasteiger partial charge on any atom is 0.312 e. The molecule has 0 radical (unpaired) electrons. The molecule has 0 spiro atoms. The predicted molar refractivity (Wildman–Crippen MR) is 79.6 cm³/mol. The van der Waals surface area contributed by atoms with Crippen LogP contribution in [-0.4, -0.2) is 40.8 Å². The third-order valence-electron chi connectivity index (χ3n) is 4.72. The lowest BCUT2D eigenvalue weighted by Crippen LogP contribution is -2.39. The molecule has 1 aliphatic rings. The van der Waals surface area contributed by atoms with Crippen LogP contribution in [0, 0.1) is 11.3 Å². The molecule has 1 amide bonds. The quantitative estimate of drug-likeness (QED) is 0.531. The van der Waals surface area contributed by atoms with Gasteiger partial charge < -0.3 is 21.3 Å². The van der Waals surface area contributed by atoms with E-state index in [2.05, 4.69) is 12.2 Å². The van der Waals surface area contributed by atoms with Crippen molar-refractivity contribution < 1.29 is 19.8 Å². The number of aliphatic carboxylic acids is 1. The summed E-state index contributed by atoms with van der Waals surface area (Å²) in [5, 5.41) is 22.4. The molecule has 0 aromatic heterocycles. The number of rotatable bonds is 8. The summed E-state index contributed by atoms with van der Waals surface area (Å²) in [5.74, 6) is -0.652. The van der Waals surface area contributed by atoms with Crippen LogP contribution in [0.2, 0.25) is 0 Å². The summed E-state index contributed by atoms with van der Waals surface area (Å²) in [5.41, 5.74) is 4.72. The van der Waals surface area contributed by atoms with Gasteiger partial charge in [0.05, 0.1) is 11.5 Å². The second-order valence-corrected chi connectivity index (χ2v) is 6.26. The molecule has 4 unspecified atom stereocenters. The van der Waals surface area contributed by atoms with Gasteiger partial charge in [-0.1, -0.05) is 13.3 Å². The summed E-state index contributed by atoms with van der Waals surface area (Å²) < 4.78 is 0. The van der Waals surface area contributed by atoms with Gasteiger partial charge in [-0.2, -0.15) is 0 Å². The second kappa shape index (κ2) is 7.75. The summed E-state index contributed by atoms with van der Waals surface area (Å²) >= 11 is 0. The first-order chi connectivity index (χ1) is 9.81. The number of aliphatic hydroxyl groups excluding tert-OH is 1. The zero-order valence-corrected chi connectivity index (χ0v) is 13.0. The molecule has 1 rings (SSSR count). The van der Waals surface area contributed by atoms with Crippen molar-refractivity contribution in [1.29, 1.82) is 0 Å². The number of hydrogen-bond acceptors (Lipinski definition) is 4. The largest absolute Gasteiger partial charge is 0.481 e. The first-order valence-corrected chi connectivity index (χ1v) is 7.73. The molecule has 0 aliphatic heterocycles. The summed E-state index contributed by atoms with van der Waals surface area (Å²) in [6.45, 7) is 4.15. The number of carbonyl (C=O) groups is 2. The Morgan fingerprint density at radius 3 is 2.52 bits per heavy atom. The molecule has 5 N–H and O–H groups in total. The summed E-state index contributed by atoms with van der Waals surface area (Å²) in [6.07, 6.45) is 2.76. The number of amides is 1. The van der Waals surface area contributed by atoms with Gasteiger partial charge >= 0.3 is 5.97 Å². The first kappa shape index (κ1) is 17.9. The van der Waals surface area contributed by atoms with Crippen molar-refractivity contribution in [1.82, 2.24) is 5.32 Å². The van der Waals surface area contributed by atoms with Gasteiger partial charge in [0.2, 0.25) is 5.91 Å². The van der Waals surface area contributed by atoms with Crippen molar-refractivity contribution in [3.05, 3.63) is 0 Å². The van der Waals surface area contributed by atoms with E-state index >= 15 is 0 Å². The lowest BCUT2D eigenvalue weighted by Gasteiger charge is -2.29. The highest BCUT2D eigenvalue weighted by Gasteiger charge is 2.51. The van der Waals surface area contributed by atoms with E-state index in [1.165, 1.54) is 6.92 Å². The minimum Gasteiger partial charge on any atom is -0.481 e. The van der Waals surface area contributed by atoms with Gasteiger partial charge in [-0.05, 0) is 38.0 Å². The maximum absolute atomic E-state index is 11.6. The number of carboxylic acids is 1. The van der Waals surface area contributed by atoms with Gasteiger partial charge in [0.15, 0.2) is 0 Å². The lowest BCUT2D eigenvalue weighted by atomic mass is 9.77. The molecule has 1 fully saturated rings. The minimum absolute atomic E-state index is 0.0518. The van der Waals surface area contributed by atoms with E-state index < -0.39 is 17.5 Å². The van der Waals surface area contributed by atoms with E-state index in [9.17, 15) is 19.8 Å². The fourth-order valence-electron chi connectivity index (χ4n) is 3.27. The van der Waals surface area contributed by atoms with Crippen LogP contribution in [0.1, 0.15) is 52.4 Å². The molecule has 0 bridgehead atoms. The molecule has 0 heterocycles. The Morgan fingerprint density at radius 2 is 2.10 bits per heavy atom. The number of nitrogens with one attached hydrogen (secondary N) is 1. The normalized spacial score (nSPS) is 30.1. The van der Waals surface area contributed by atoms with Gasteiger partial charge in [0.25, 0.3) is 0 Å². The Morgan fingerprint density at radius 1 is 1.43 bits per heavy atom. The van der Waals surface area contributed by atoms with Crippen LogP contribution in [0.15, 0.2) is 0 Å². The third kappa shape index (κ3) is 4.68. The average molecular weight is 300 g/mol. The average Bonchev–Trinajstić information content (AvgIpc) is 2.68. The second-order valence-electron chi connectivity index (χ2n) is 6.26. The molecule has 6 heteroatoms. The van der Waals surface area contributed by atoms with Crippen molar-refractivity contribution in [2.45, 2.75) is 64.5 Å². The molecular weight excluding hydrogens is 272 g/mol. The maximum atomic E-state index is 11.6. The van der Waals surface area contributed by atoms with Crippen LogP contribution in [0.25, 0.3) is 0 Å². The highest BCUT2D eigenvalue weighted by molar-refractivity contribution is 5.76. The van der Waals surface area contributed by atoms with Crippen LogP contribution >= 0.6 is 0 Å². The Hall–Kier alpha value is -1.14. The van der Waals surface area contributed by atoms with Gasteiger partial charge in [0, 0.05) is 19.5 Å². The number of carbonyl (C=O) groups excluding carboxylic acids is 1. The smallest absolute Gasteiger partial charge is 0.312 e. The molecular formula is C15H28N2O4. The third-order valence-corrected chi connectivity index (χ3v) is 4.72. The molecule has 1 aliphatic carbocycles. The lowest BCUT2D eigenvalue weighted by molar-refractivity contribution is -0.155. The number of hydrogen-bond donors (Lipinski definition) is 4. The molecule has 0 aromatic carbocycles. The fourth-order valence-corrected chi connectivity index (χ4v) is 3.27. The number of carboxylic acid groups (broad SMARTS) is 1. The Balaban J connectivity index is 2.56. The van der Waals surface area contributed by atoms with E-state index in [1.54, 1.807) is 0 Å². The Kier molecular flexibility index (Phi) is 6.61. The van der Waals surface area contributed by atoms with Crippen LogP contribution < -0.4 is 11.1 Å². The van der Waals surface area contributed by atoms with E-state index in [1.807, 2.05) is 0 Å². The summed E-state index contributed by atoms with van der Waals surface area (Å²) in [6, 6.07) is -0.240. The van der Waals surface area contributed by atoms with E-state index in [0.717, 1.165) is 19.3 Å². The molecule has 122 valence electrons. The molecule has 6 nitrogen and oxygen atoms in total. The topological polar surface area (TPSA) is 113 Å².